The van der Waals surface area contributed by atoms with Crippen LogP contribution in [0.5, 0.6) is 23.0 Å². The molecule has 2 fully saturated rings. The van der Waals surface area contributed by atoms with Crippen molar-refractivity contribution in [3.05, 3.63) is 137 Å². The zero-order valence-corrected chi connectivity index (χ0v) is 42.0. The standard InChI is InChI=1S/C26H28N8O3.C23H23N7O2.C2H5NO.ClH/c1-3-27-26(36)34-13-10-18(15-34)30-24-22-20(9-12-29-23(22)32-33-24)37-19-6-4-17(5-7-19)25(35)31-21-14-16(2)8-11-28-21;1-14-6-10-25-19(12-14)28-23(31)15-2-4-17(5-3-15)32-18-8-11-26-21-20(18)22(30-29-21)27-16-7-9-24-13-16;1-2-3-4;/h4-9,11-12,14,18H,3,10,13,15H2,1-2H3,(H,27,36)(H,28,31,35)(H2,29,30,32,33);2-6,8,10-12,16,24H,7,9,13H2,1H3,(H,25,28,31)(H2,26,27,29,30);2H2,1H3;1H/t18-;16-;;/m11../s1. The Morgan fingerprint density at radius 2 is 1.16 bits per heavy atom. The lowest BCUT2D eigenvalue weighted by Crippen LogP contribution is -2.39. The Morgan fingerprint density at radius 1 is 0.676 bits per heavy atom. The zero-order valence-electron chi connectivity index (χ0n) is 41.1. The van der Waals surface area contributed by atoms with Crippen LogP contribution >= 0.6 is 12.4 Å². The van der Waals surface area contributed by atoms with Crippen molar-refractivity contribution in [3.63, 3.8) is 0 Å². The van der Waals surface area contributed by atoms with Crippen molar-refractivity contribution >= 4 is 75.6 Å². The van der Waals surface area contributed by atoms with Gasteiger partial charge >= 0.3 is 6.03 Å². The number of urea groups is 1. The fourth-order valence-electron chi connectivity index (χ4n) is 7.90. The first-order valence-corrected chi connectivity index (χ1v) is 23.8. The van der Waals surface area contributed by atoms with Gasteiger partial charge in [-0.3, -0.25) is 19.8 Å². The van der Waals surface area contributed by atoms with E-state index < -0.39 is 0 Å². The number of aromatic nitrogens is 8. The van der Waals surface area contributed by atoms with Gasteiger partial charge in [0.1, 0.15) is 45.4 Å². The molecule has 384 valence electrons. The molecule has 2 atom stereocenters. The van der Waals surface area contributed by atoms with Crippen molar-refractivity contribution in [2.24, 2.45) is 5.18 Å². The van der Waals surface area contributed by atoms with Gasteiger partial charge in [-0.1, -0.05) is 5.18 Å². The number of rotatable bonds is 14. The lowest BCUT2D eigenvalue weighted by atomic mass is 10.2. The van der Waals surface area contributed by atoms with Crippen LogP contribution in [-0.4, -0.2) is 114 Å². The monoisotopic (exact) mass is 1020 g/mol. The number of anilines is 4. The highest BCUT2D eigenvalue weighted by Gasteiger charge is 2.28. The number of H-pyrrole nitrogens is 2. The largest absolute Gasteiger partial charge is 0.456 e. The summed E-state index contributed by atoms with van der Waals surface area (Å²) in [6, 6.07) is 25.1. The van der Waals surface area contributed by atoms with Crippen LogP contribution < -0.4 is 41.4 Å². The third-order valence-electron chi connectivity index (χ3n) is 11.5. The van der Waals surface area contributed by atoms with Gasteiger partial charge in [0.15, 0.2) is 22.9 Å². The molecular weight excluding hydrogens is 968 g/mol. The molecule has 0 aliphatic carbocycles. The molecule has 10 rings (SSSR count). The number of hydrogen-bond donors (Lipinski definition) is 8. The number of nitroso groups, excluding NO2 is 1. The van der Waals surface area contributed by atoms with E-state index in [-0.39, 0.29) is 36.3 Å². The predicted molar refractivity (Wildman–Crippen MR) is 286 cm³/mol. The summed E-state index contributed by atoms with van der Waals surface area (Å²) in [5, 5.41) is 37.3. The Labute approximate surface area is 432 Å². The van der Waals surface area contributed by atoms with Crippen molar-refractivity contribution in [3.8, 4) is 23.0 Å². The van der Waals surface area contributed by atoms with Crippen LogP contribution in [0.1, 0.15) is 58.5 Å². The van der Waals surface area contributed by atoms with Crippen molar-refractivity contribution in [1.29, 1.82) is 0 Å². The van der Waals surface area contributed by atoms with E-state index >= 15 is 0 Å². The summed E-state index contributed by atoms with van der Waals surface area (Å²) >= 11 is 0. The highest BCUT2D eigenvalue weighted by molar-refractivity contribution is 6.04. The predicted octanol–water partition coefficient (Wildman–Crippen LogP) is 8.60. The molecule has 8 N–H and O–H groups in total. The minimum absolute atomic E-state index is 0. The van der Waals surface area contributed by atoms with Crippen LogP contribution in [-0.2, 0) is 0 Å². The minimum Gasteiger partial charge on any atom is -0.456 e. The van der Waals surface area contributed by atoms with E-state index in [1.54, 1.807) is 97.3 Å². The number of benzene rings is 2. The summed E-state index contributed by atoms with van der Waals surface area (Å²) in [5.41, 5.74) is 4.27. The Morgan fingerprint density at radius 3 is 1.61 bits per heavy atom. The lowest BCUT2D eigenvalue weighted by molar-refractivity contribution is 0.101. The Balaban J connectivity index is 0.000000201. The summed E-state index contributed by atoms with van der Waals surface area (Å²) in [6.07, 6.45) is 8.48. The van der Waals surface area contributed by atoms with Crippen LogP contribution in [0.3, 0.4) is 0 Å². The van der Waals surface area contributed by atoms with E-state index in [1.807, 2.05) is 45.0 Å². The number of likely N-dealkylation sites (tertiary alicyclic amines) is 1. The third-order valence-corrected chi connectivity index (χ3v) is 11.5. The number of amides is 4. The van der Waals surface area contributed by atoms with Crippen molar-refractivity contribution in [2.45, 2.75) is 52.6 Å². The molecule has 0 radical (unpaired) electrons. The van der Waals surface area contributed by atoms with Gasteiger partial charge in [0, 0.05) is 86.3 Å². The molecule has 6 aromatic heterocycles. The van der Waals surface area contributed by atoms with E-state index in [1.165, 1.54) is 0 Å². The molecule has 0 saturated carbocycles. The van der Waals surface area contributed by atoms with Gasteiger partial charge < -0.3 is 46.3 Å². The summed E-state index contributed by atoms with van der Waals surface area (Å²) in [4.78, 5) is 65.0. The van der Waals surface area contributed by atoms with Gasteiger partial charge in [-0.25, -0.2) is 24.7 Å². The Kier molecular flexibility index (Phi) is 18.3. The second-order valence-corrected chi connectivity index (χ2v) is 17.0. The number of nitrogens with zero attached hydrogens (tertiary/aromatic N) is 8. The summed E-state index contributed by atoms with van der Waals surface area (Å²) in [6.45, 7) is 11.6. The molecule has 2 saturated heterocycles. The number of fused-ring (bicyclic) bond motifs is 2. The number of hydrogen-bond acceptors (Lipinski definition) is 16. The van der Waals surface area contributed by atoms with Gasteiger partial charge in [-0.2, -0.15) is 15.1 Å². The van der Waals surface area contributed by atoms with Crippen molar-refractivity contribution < 1.29 is 23.9 Å². The minimum atomic E-state index is -0.254. The average Bonchev–Trinajstić information content (AvgIpc) is 4.25. The van der Waals surface area contributed by atoms with Crippen LogP contribution in [0.25, 0.3) is 22.1 Å². The van der Waals surface area contributed by atoms with E-state index in [0.717, 1.165) is 48.3 Å². The fraction of sp³-hybridized carbons (Fsp3) is 0.275. The molecule has 23 heteroatoms. The first-order valence-electron chi connectivity index (χ1n) is 23.8. The number of carbonyl (C=O) groups excluding carboxylic acids is 3. The zero-order chi connectivity index (χ0) is 51.1. The SMILES string of the molecule is CCN=O.CCNC(=O)N1CC[C@@H](Nc2n[nH]c3nccc(Oc4ccc(C(=O)Nc5cc(C)ccn5)cc4)c23)C1.Cc1ccnc(NC(=O)c2ccc(Oc3ccnc4[nH]nc(N[C@@H]5CCNC5)c34)cc2)c1.Cl. The number of aryl methyl sites for hydroxylation is 2. The maximum Gasteiger partial charge on any atom is 0.317 e. The molecule has 2 aliphatic heterocycles. The number of carbonyl (C=O) groups is 3. The van der Waals surface area contributed by atoms with E-state index in [0.29, 0.717) is 100 Å². The lowest BCUT2D eigenvalue weighted by Gasteiger charge is -2.17. The fourth-order valence-corrected chi connectivity index (χ4v) is 7.90. The third kappa shape index (κ3) is 13.8. The highest BCUT2D eigenvalue weighted by atomic mass is 35.5. The topological polar surface area (TPSA) is 283 Å². The maximum atomic E-state index is 12.6. The molecule has 8 aromatic rings. The highest BCUT2D eigenvalue weighted by Crippen LogP contribution is 2.35. The quantitative estimate of drug-likeness (QED) is 0.0473. The van der Waals surface area contributed by atoms with Gasteiger partial charge in [0.25, 0.3) is 11.8 Å². The maximum absolute atomic E-state index is 12.6. The molecule has 2 aromatic carbocycles. The summed E-state index contributed by atoms with van der Waals surface area (Å²) in [5.74, 6) is 4.25. The van der Waals surface area contributed by atoms with Crippen LogP contribution in [0.4, 0.5) is 28.1 Å². The van der Waals surface area contributed by atoms with Crippen LogP contribution in [0, 0.1) is 18.8 Å². The average molecular weight is 1030 g/mol. The number of pyridine rings is 4. The van der Waals surface area contributed by atoms with E-state index in [2.05, 4.69) is 77.4 Å². The van der Waals surface area contributed by atoms with Crippen molar-refractivity contribution in [2.75, 3.05) is 60.5 Å². The molecule has 22 nitrogen and oxygen atoms in total. The molecule has 2 aliphatic rings. The molecule has 8 heterocycles. The first kappa shape index (κ1) is 53.0. The number of aromatic amines is 2. The second kappa shape index (κ2) is 25.6. The Bertz CT molecular complexity index is 3170. The smallest absolute Gasteiger partial charge is 0.317 e. The molecule has 74 heavy (non-hydrogen) atoms. The molecular formula is C51H57ClN16O6. The normalized spacial score (nSPS) is 14.6. The van der Waals surface area contributed by atoms with E-state index in [4.69, 9.17) is 14.4 Å². The number of nitrogens with one attached hydrogen (secondary N) is 8. The number of ether oxygens (including phenoxy) is 2. The second-order valence-electron chi connectivity index (χ2n) is 17.0. The molecule has 0 spiro atoms. The molecule has 0 unspecified atom stereocenters. The van der Waals surface area contributed by atoms with Crippen molar-refractivity contribution in [1.82, 2.24) is 55.9 Å². The van der Waals surface area contributed by atoms with Gasteiger partial charge in [-0.15, -0.1) is 12.4 Å². The summed E-state index contributed by atoms with van der Waals surface area (Å²) in [7, 11) is 0. The van der Waals surface area contributed by atoms with Gasteiger partial charge in [0.05, 0.1) is 6.54 Å². The first-order chi connectivity index (χ1) is 35.6. The Hall–Kier alpha value is -8.76. The van der Waals surface area contributed by atoms with Crippen LogP contribution in [0.15, 0.2) is 115 Å². The molecule has 0 bridgehead atoms. The number of halogens is 1. The van der Waals surface area contributed by atoms with Gasteiger partial charge in [0.2, 0.25) is 0 Å². The van der Waals surface area contributed by atoms with E-state index in [9.17, 15) is 14.4 Å². The van der Waals surface area contributed by atoms with Crippen LogP contribution in [0.2, 0.25) is 0 Å². The summed E-state index contributed by atoms with van der Waals surface area (Å²) < 4.78 is 12.3. The van der Waals surface area contributed by atoms with Gasteiger partial charge in [-0.05, 0) is 131 Å². The molecule has 4 amide bonds.